The molecule has 0 saturated heterocycles. The first-order valence-corrected chi connectivity index (χ1v) is 6.63. The Labute approximate surface area is 117 Å². The van der Waals surface area contributed by atoms with Crippen molar-refractivity contribution < 1.29 is 14.7 Å². The summed E-state index contributed by atoms with van der Waals surface area (Å²) >= 11 is 0. The average Bonchev–Trinajstić information content (AvgIpc) is 2.71. The Kier molecular flexibility index (Phi) is 3.96. The van der Waals surface area contributed by atoms with E-state index in [4.69, 9.17) is 5.11 Å². The minimum absolute atomic E-state index is 0.0189. The molecule has 0 spiro atoms. The summed E-state index contributed by atoms with van der Waals surface area (Å²) in [4.78, 5) is 28.7. The SMILES string of the molecule is CN(Cc1nccn1C)C(=O)NC1(CC(=O)O)CCC1. The zero-order valence-corrected chi connectivity index (χ0v) is 11.8. The van der Waals surface area contributed by atoms with Gasteiger partial charge in [0.05, 0.1) is 18.5 Å². The number of urea groups is 1. The first-order chi connectivity index (χ1) is 9.42. The highest BCUT2D eigenvalue weighted by Crippen LogP contribution is 2.35. The van der Waals surface area contributed by atoms with E-state index in [1.807, 2.05) is 17.8 Å². The summed E-state index contributed by atoms with van der Waals surface area (Å²) < 4.78 is 1.85. The number of nitrogens with one attached hydrogen (secondary N) is 1. The second-order valence-corrected chi connectivity index (χ2v) is 5.44. The van der Waals surface area contributed by atoms with Crippen LogP contribution in [0.1, 0.15) is 31.5 Å². The number of amides is 2. The lowest BCUT2D eigenvalue weighted by atomic mass is 9.74. The molecule has 20 heavy (non-hydrogen) atoms. The lowest BCUT2D eigenvalue weighted by Gasteiger charge is -2.42. The van der Waals surface area contributed by atoms with Crippen molar-refractivity contribution in [1.82, 2.24) is 19.8 Å². The molecule has 1 heterocycles. The molecule has 0 atom stereocenters. The van der Waals surface area contributed by atoms with Gasteiger partial charge in [0.15, 0.2) is 0 Å². The fraction of sp³-hybridized carbons (Fsp3) is 0.615. The minimum atomic E-state index is -0.878. The molecule has 0 aliphatic heterocycles. The Morgan fingerprint density at radius 2 is 2.25 bits per heavy atom. The van der Waals surface area contributed by atoms with Crippen LogP contribution in [0.15, 0.2) is 12.4 Å². The maximum atomic E-state index is 12.2. The Balaban J connectivity index is 1.93. The Morgan fingerprint density at radius 1 is 1.55 bits per heavy atom. The van der Waals surface area contributed by atoms with Crippen molar-refractivity contribution in [2.45, 2.75) is 37.8 Å². The normalized spacial score (nSPS) is 16.3. The van der Waals surface area contributed by atoms with Crippen LogP contribution in [0, 0.1) is 0 Å². The molecule has 1 fully saturated rings. The third kappa shape index (κ3) is 3.09. The summed E-state index contributed by atoms with van der Waals surface area (Å²) in [7, 11) is 3.54. The minimum Gasteiger partial charge on any atom is -0.481 e. The van der Waals surface area contributed by atoms with Gasteiger partial charge in [0.25, 0.3) is 0 Å². The Hall–Kier alpha value is -2.05. The molecule has 1 aliphatic rings. The van der Waals surface area contributed by atoms with Gasteiger partial charge in [-0.15, -0.1) is 0 Å². The highest BCUT2D eigenvalue weighted by Gasteiger charge is 2.40. The van der Waals surface area contributed by atoms with Gasteiger partial charge in [0.2, 0.25) is 0 Å². The number of carboxylic acid groups (broad SMARTS) is 1. The van der Waals surface area contributed by atoms with Crippen LogP contribution in [0.2, 0.25) is 0 Å². The van der Waals surface area contributed by atoms with Crippen molar-refractivity contribution in [3.8, 4) is 0 Å². The molecule has 2 N–H and O–H groups in total. The summed E-state index contributed by atoms with van der Waals surface area (Å²) in [5.74, 6) is -0.0969. The zero-order chi connectivity index (χ0) is 14.8. The Morgan fingerprint density at radius 3 is 2.70 bits per heavy atom. The molecule has 7 heteroatoms. The molecule has 7 nitrogen and oxygen atoms in total. The summed E-state index contributed by atoms with van der Waals surface area (Å²) in [5, 5.41) is 11.8. The number of imidazole rings is 1. The molecule has 1 saturated carbocycles. The number of nitrogens with zero attached hydrogens (tertiary/aromatic N) is 3. The molecule has 0 aromatic carbocycles. The number of aliphatic carboxylic acids is 1. The van der Waals surface area contributed by atoms with Crippen LogP contribution in [0.5, 0.6) is 0 Å². The number of carbonyl (C=O) groups is 2. The second kappa shape index (κ2) is 5.52. The maximum Gasteiger partial charge on any atom is 0.317 e. The van der Waals surface area contributed by atoms with Gasteiger partial charge < -0.3 is 19.9 Å². The number of rotatable bonds is 5. The quantitative estimate of drug-likeness (QED) is 0.841. The predicted molar refractivity (Wildman–Crippen MR) is 72.0 cm³/mol. The molecule has 2 rings (SSSR count). The molecular weight excluding hydrogens is 260 g/mol. The molecule has 0 radical (unpaired) electrons. The fourth-order valence-electron chi connectivity index (χ4n) is 2.39. The van der Waals surface area contributed by atoms with E-state index in [1.165, 1.54) is 4.90 Å². The van der Waals surface area contributed by atoms with Gasteiger partial charge in [-0.05, 0) is 19.3 Å². The van der Waals surface area contributed by atoms with E-state index >= 15 is 0 Å². The van der Waals surface area contributed by atoms with E-state index < -0.39 is 11.5 Å². The number of aryl methyl sites for hydroxylation is 1. The van der Waals surface area contributed by atoms with Gasteiger partial charge >= 0.3 is 12.0 Å². The van der Waals surface area contributed by atoms with Crippen LogP contribution >= 0.6 is 0 Å². The van der Waals surface area contributed by atoms with Gasteiger partial charge in [-0.1, -0.05) is 0 Å². The van der Waals surface area contributed by atoms with Gasteiger partial charge in [-0.3, -0.25) is 4.79 Å². The second-order valence-electron chi connectivity index (χ2n) is 5.44. The van der Waals surface area contributed by atoms with Crippen molar-refractivity contribution in [2.24, 2.45) is 7.05 Å². The molecule has 110 valence electrons. The summed E-state index contributed by atoms with van der Waals surface area (Å²) in [6.07, 6.45) is 5.88. The summed E-state index contributed by atoms with van der Waals surface area (Å²) in [6, 6.07) is -0.256. The van der Waals surface area contributed by atoms with E-state index in [1.54, 1.807) is 13.2 Å². The van der Waals surface area contributed by atoms with Gasteiger partial charge in [0, 0.05) is 26.5 Å². The van der Waals surface area contributed by atoms with Gasteiger partial charge in [0.1, 0.15) is 5.82 Å². The molecule has 2 amide bonds. The molecular formula is C13H20N4O3. The van der Waals surface area contributed by atoms with Crippen LogP contribution in [0.3, 0.4) is 0 Å². The summed E-state index contributed by atoms with van der Waals surface area (Å²) in [6.45, 7) is 0.387. The molecule has 0 bridgehead atoms. The molecule has 0 unspecified atom stereocenters. The standard InChI is InChI=1S/C13H20N4O3/c1-16-7-6-14-10(16)9-17(2)12(20)15-13(4-3-5-13)8-11(18)19/h6-7H,3-5,8-9H2,1-2H3,(H,15,20)(H,18,19). The van der Waals surface area contributed by atoms with Crippen LogP contribution in [0.25, 0.3) is 0 Å². The zero-order valence-electron chi connectivity index (χ0n) is 11.8. The molecule has 1 aliphatic carbocycles. The van der Waals surface area contributed by atoms with E-state index in [0.717, 1.165) is 25.1 Å². The van der Waals surface area contributed by atoms with Crippen molar-refractivity contribution in [3.63, 3.8) is 0 Å². The van der Waals surface area contributed by atoms with Crippen molar-refractivity contribution in [3.05, 3.63) is 18.2 Å². The number of hydrogen-bond acceptors (Lipinski definition) is 3. The maximum absolute atomic E-state index is 12.2. The monoisotopic (exact) mass is 280 g/mol. The third-order valence-corrected chi connectivity index (χ3v) is 3.82. The first-order valence-electron chi connectivity index (χ1n) is 6.63. The number of hydrogen-bond donors (Lipinski definition) is 2. The Bertz CT molecular complexity index is 507. The summed E-state index contributed by atoms with van der Waals surface area (Å²) in [5.41, 5.74) is -0.571. The number of carbonyl (C=O) groups excluding carboxylic acids is 1. The van der Waals surface area contributed by atoms with E-state index in [9.17, 15) is 9.59 Å². The van der Waals surface area contributed by atoms with E-state index in [2.05, 4.69) is 10.3 Å². The highest BCUT2D eigenvalue weighted by atomic mass is 16.4. The highest BCUT2D eigenvalue weighted by molar-refractivity contribution is 5.77. The van der Waals surface area contributed by atoms with Crippen LogP contribution in [-0.2, 0) is 18.4 Å². The lowest BCUT2D eigenvalue weighted by molar-refractivity contribution is -0.139. The van der Waals surface area contributed by atoms with Crippen molar-refractivity contribution in [2.75, 3.05) is 7.05 Å². The first kappa shape index (κ1) is 14.4. The third-order valence-electron chi connectivity index (χ3n) is 3.82. The van der Waals surface area contributed by atoms with Crippen molar-refractivity contribution in [1.29, 1.82) is 0 Å². The van der Waals surface area contributed by atoms with Gasteiger partial charge in [-0.25, -0.2) is 9.78 Å². The van der Waals surface area contributed by atoms with E-state index in [-0.39, 0.29) is 12.5 Å². The number of aromatic nitrogens is 2. The van der Waals surface area contributed by atoms with Gasteiger partial charge in [-0.2, -0.15) is 0 Å². The van der Waals surface area contributed by atoms with Crippen LogP contribution in [-0.4, -0.2) is 44.1 Å². The van der Waals surface area contributed by atoms with Crippen LogP contribution < -0.4 is 5.32 Å². The smallest absolute Gasteiger partial charge is 0.317 e. The van der Waals surface area contributed by atoms with Crippen LogP contribution in [0.4, 0.5) is 4.79 Å². The van der Waals surface area contributed by atoms with Crippen molar-refractivity contribution >= 4 is 12.0 Å². The average molecular weight is 280 g/mol. The fourth-order valence-corrected chi connectivity index (χ4v) is 2.39. The molecule has 1 aromatic heterocycles. The predicted octanol–water partition coefficient (Wildman–Crippen LogP) is 0.959. The molecule has 1 aromatic rings. The van der Waals surface area contributed by atoms with E-state index in [0.29, 0.717) is 6.54 Å². The topological polar surface area (TPSA) is 87.5 Å². The largest absolute Gasteiger partial charge is 0.481 e. The lowest BCUT2D eigenvalue weighted by Crippen LogP contribution is -2.57. The number of carboxylic acids is 1.